The Balaban J connectivity index is 1.35. The van der Waals surface area contributed by atoms with Gasteiger partial charge in [0.1, 0.15) is 0 Å². The molecule has 0 aliphatic carbocycles. The third kappa shape index (κ3) is 6.15. The lowest BCUT2D eigenvalue weighted by molar-refractivity contribution is -0.119. The van der Waals surface area contributed by atoms with Crippen LogP contribution in [0.5, 0.6) is 11.5 Å². The number of carbonyl (C=O) groups excluding carboxylic acids is 2. The molecule has 4 rings (SSSR count). The molecule has 0 saturated carbocycles. The minimum atomic E-state index is -0.472. The Hall–Kier alpha value is -3.92. The second-order valence-corrected chi connectivity index (χ2v) is 8.62. The van der Waals surface area contributed by atoms with Crippen molar-refractivity contribution in [3.8, 4) is 11.5 Å². The molecule has 0 atom stereocenters. The van der Waals surface area contributed by atoms with Crippen molar-refractivity contribution < 1.29 is 19.1 Å². The van der Waals surface area contributed by atoms with Gasteiger partial charge in [-0.2, -0.15) is 5.10 Å². The second kappa shape index (κ2) is 11.5. The molecule has 7 nitrogen and oxygen atoms in total. The number of hydrogen-bond acceptors (Lipinski definition) is 6. The van der Waals surface area contributed by atoms with Gasteiger partial charge in [0.15, 0.2) is 11.5 Å². The first kappa shape index (κ1) is 24.2. The Kier molecular flexibility index (Phi) is 7.94. The van der Waals surface area contributed by atoms with Gasteiger partial charge in [0.2, 0.25) is 0 Å². The van der Waals surface area contributed by atoms with Gasteiger partial charge in [0.05, 0.1) is 25.4 Å². The first-order valence-corrected chi connectivity index (χ1v) is 11.8. The number of ether oxygens (including phenoxy) is 2. The van der Waals surface area contributed by atoms with Gasteiger partial charge in [-0.15, -0.1) is 0 Å². The normalized spacial score (nSPS) is 10.8. The van der Waals surface area contributed by atoms with Crippen LogP contribution in [0.15, 0.2) is 90.0 Å². The average Bonchev–Trinajstić information content (AvgIpc) is 2.88. The molecule has 2 N–H and O–H groups in total. The molecule has 0 unspecified atom stereocenters. The van der Waals surface area contributed by atoms with E-state index >= 15 is 0 Å². The molecule has 0 aromatic heterocycles. The minimum Gasteiger partial charge on any atom is -0.493 e. The number of halogens is 1. The number of carbonyl (C=O) groups is 2. The van der Waals surface area contributed by atoms with Crippen LogP contribution < -0.4 is 20.2 Å². The van der Waals surface area contributed by atoms with Crippen LogP contribution in [-0.4, -0.2) is 31.7 Å². The van der Waals surface area contributed by atoms with E-state index in [2.05, 4.69) is 38.4 Å². The van der Waals surface area contributed by atoms with Gasteiger partial charge in [0.25, 0.3) is 5.91 Å². The minimum absolute atomic E-state index is 0.0713. The van der Waals surface area contributed by atoms with Crippen molar-refractivity contribution in [2.45, 2.75) is 0 Å². The SMILES string of the molecule is COc1cc(/C=N/NC(=O)CNc2cccc3ccccc23)ccc1OC(=O)c1ccccc1I. The number of esters is 1. The van der Waals surface area contributed by atoms with Gasteiger partial charge < -0.3 is 14.8 Å². The summed E-state index contributed by atoms with van der Waals surface area (Å²) in [6.07, 6.45) is 1.49. The van der Waals surface area contributed by atoms with Crippen molar-refractivity contribution >= 4 is 57.1 Å². The molecule has 4 aromatic carbocycles. The van der Waals surface area contributed by atoms with Crippen molar-refractivity contribution in [1.82, 2.24) is 5.43 Å². The summed E-state index contributed by atoms with van der Waals surface area (Å²) < 4.78 is 11.7. The molecule has 0 spiro atoms. The van der Waals surface area contributed by atoms with E-state index in [4.69, 9.17) is 9.47 Å². The van der Waals surface area contributed by atoms with Crippen molar-refractivity contribution in [3.63, 3.8) is 0 Å². The van der Waals surface area contributed by atoms with Crippen molar-refractivity contribution in [1.29, 1.82) is 0 Å². The molecule has 0 heterocycles. The number of hydrazone groups is 1. The molecular weight excluding hydrogens is 557 g/mol. The number of methoxy groups -OCH3 is 1. The molecule has 8 heteroatoms. The Morgan fingerprint density at radius 2 is 1.71 bits per heavy atom. The third-order valence-electron chi connectivity index (χ3n) is 5.12. The molecule has 0 radical (unpaired) electrons. The Morgan fingerprint density at radius 1 is 0.943 bits per heavy atom. The first-order valence-electron chi connectivity index (χ1n) is 10.7. The molecule has 0 fully saturated rings. The monoisotopic (exact) mass is 579 g/mol. The Labute approximate surface area is 216 Å². The van der Waals surface area contributed by atoms with Gasteiger partial charge in [-0.1, -0.05) is 48.5 Å². The summed E-state index contributed by atoms with van der Waals surface area (Å²) in [7, 11) is 1.49. The maximum atomic E-state index is 12.5. The zero-order chi connectivity index (χ0) is 24.6. The molecular formula is C27H22IN3O4. The molecule has 0 bridgehead atoms. The maximum absolute atomic E-state index is 12.5. The van der Waals surface area contributed by atoms with Gasteiger partial charge in [-0.25, -0.2) is 10.2 Å². The molecule has 35 heavy (non-hydrogen) atoms. The van der Waals surface area contributed by atoms with Crippen LogP contribution in [0, 0.1) is 3.57 Å². The van der Waals surface area contributed by atoms with E-state index in [9.17, 15) is 9.59 Å². The van der Waals surface area contributed by atoms with Crippen LogP contribution in [0.2, 0.25) is 0 Å². The van der Waals surface area contributed by atoms with Crippen LogP contribution in [-0.2, 0) is 4.79 Å². The average molecular weight is 579 g/mol. The predicted molar refractivity (Wildman–Crippen MR) is 145 cm³/mol. The quantitative estimate of drug-likeness (QED) is 0.0981. The second-order valence-electron chi connectivity index (χ2n) is 7.45. The standard InChI is InChI=1S/C27H22IN3O4/c1-34-25-15-18(13-14-24(25)35-27(33)21-10-4-5-11-22(21)28)16-30-31-26(32)17-29-23-12-6-8-19-7-2-3-9-20(19)23/h2-16,29H,17H2,1H3,(H,31,32)/b30-16+. The van der Waals surface area contributed by atoms with Crippen LogP contribution >= 0.6 is 22.6 Å². The van der Waals surface area contributed by atoms with Crippen LogP contribution in [0.1, 0.15) is 15.9 Å². The van der Waals surface area contributed by atoms with E-state index in [0.717, 1.165) is 20.0 Å². The summed E-state index contributed by atoms with van der Waals surface area (Å²) in [6, 6.07) is 26.0. The molecule has 0 saturated heterocycles. The van der Waals surface area contributed by atoms with E-state index in [0.29, 0.717) is 16.9 Å². The highest BCUT2D eigenvalue weighted by atomic mass is 127. The zero-order valence-corrected chi connectivity index (χ0v) is 21.0. The number of hydrogen-bond donors (Lipinski definition) is 2. The first-order chi connectivity index (χ1) is 17.0. The third-order valence-corrected chi connectivity index (χ3v) is 6.06. The van der Waals surface area contributed by atoms with Gasteiger partial charge in [0, 0.05) is 14.6 Å². The van der Waals surface area contributed by atoms with Crippen molar-refractivity contribution in [2.75, 3.05) is 19.0 Å². The summed E-state index contributed by atoms with van der Waals surface area (Å²) in [5.74, 6) is -0.0975. The number of anilines is 1. The number of nitrogens with one attached hydrogen (secondary N) is 2. The summed E-state index contributed by atoms with van der Waals surface area (Å²) >= 11 is 2.09. The number of fused-ring (bicyclic) bond motifs is 1. The fourth-order valence-corrected chi connectivity index (χ4v) is 4.01. The lowest BCUT2D eigenvalue weighted by Crippen LogP contribution is -2.25. The molecule has 1 amide bonds. The van der Waals surface area contributed by atoms with Crippen LogP contribution in [0.25, 0.3) is 10.8 Å². The summed E-state index contributed by atoms with van der Waals surface area (Å²) in [5, 5.41) is 9.29. The lowest BCUT2D eigenvalue weighted by Gasteiger charge is -2.10. The number of benzene rings is 4. The van der Waals surface area contributed by atoms with Gasteiger partial charge in [-0.3, -0.25) is 4.79 Å². The van der Waals surface area contributed by atoms with E-state index < -0.39 is 5.97 Å². The lowest BCUT2D eigenvalue weighted by atomic mass is 10.1. The highest BCUT2D eigenvalue weighted by Gasteiger charge is 2.15. The topological polar surface area (TPSA) is 89.0 Å². The number of amides is 1. The van der Waals surface area contributed by atoms with E-state index in [1.54, 1.807) is 30.3 Å². The molecule has 4 aromatic rings. The highest BCUT2D eigenvalue weighted by molar-refractivity contribution is 14.1. The van der Waals surface area contributed by atoms with E-state index in [1.807, 2.05) is 54.6 Å². The largest absolute Gasteiger partial charge is 0.493 e. The Morgan fingerprint density at radius 3 is 2.54 bits per heavy atom. The Bertz CT molecular complexity index is 1400. The van der Waals surface area contributed by atoms with E-state index in [1.165, 1.54) is 13.3 Å². The summed E-state index contributed by atoms with van der Waals surface area (Å²) in [6.45, 7) is 0.0713. The fraction of sp³-hybridized carbons (Fsp3) is 0.0741. The molecule has 176 valence electrons. The summed E-state index contributed by atoms with van der Waals surface area (Å²) in [4.78, 5) is 24.7. The maximum Gasteiger partial charge on any atom is 0.344 e. The van der Waals surface area contributed by atoms with E-state index in [-0.39, 0.29) is 18.2 Å². The van der Waals surface area contributed by atoms with Crippen molar-refractivity contribution in [3.05, 3.63) is 99.6 Å². The fourth-order valence-electron chi connectivity index (χ4n) is 3.40. The highest BCUT2D eigenvalue weighted by Crippen LogP contribution is 2.29. The van der Waals surface area contributed by atoms with Crippen molar-refractivity contribution in [2.24, 2.45) is 5.10 Å². The number of rotatable bonds is 8. The van der Waals surface area contributed by atoms with Crippen LogP contribution in [0.3, 0.4) is 0 Å². The van der Waals surface area contributed by atoms with Gasteiger partial charge >= 0.3 is 5.97 Å². The zero-order valence-electron chi connectivity index (χ0n) is 18.8. The summed E-state index contributed by atoms with van der Waals surface area (Å²) in [5.41, 5.74) is 4.52. The predicted octanol–water partition coefficient (Wildman–Crippen LogP) is 5.23. The number of nitrogens with zero attached hydrogens (tertiary/aromatic N) is 1. The molecule has 0 aliphatic heterocycles. The van der Waals surface area contributed by atoms with Gasteiger partial charge in [-0.05, 0) is 69.9 Å². The molecule has 0 aliphatic rings. The van der Waals surface area contributed by atoms with Crippen LogP contribution in [0.4, 0.5) is 5.69 Å². The smallest absolute Gasteiger partial charge is 0.344 e.